The molecule has 2 fully saturated rings. The van der Waals surface area contributed by atoms with E-state index in [0.717, 1.165) is 32.2 Å². The molecule has 1 saturated carbocycles. The number of hydrogen-bond acceptors (Lipinski definition) is 2. The van der Waals surface area contributed by atoms with Gasteiger partial charge in [0.25, 0.3) is 0 Å². The Morgan fingerprint density at radius 3 is 2.06 bits per heavy atom. The van der Waals surface area contributed by atoms with Gasteiger partial charge in [-0.25, -0.2) is 0 Å². The van der Waals surface area contributed by atoms with E-state index in [1.54, 1.807) is 0 Å². The molecule has 2 nitrogen and oxygen atoms in total. The number of nitrogens with zero attached hydrogens (tertiary/aromatic N) is 2. The maximum atomic E-state index is 12.3. The molecule has 0 aromatic carbocycles. The van der Waals surface area contributed by atoms with Gasteiger partial charge in [0.15, 0.2) is 0 Å². The van der Waals surface area contributed by atoms with Gasteiger partial charge in [-0.15, -0.1) is 12.1 Å². The van der Waals surface area contributed by atoms with E-state index in [4.69, 9.17) is 0 Å². The van der Waals surface area contributed by atoms with Crippen LogP contribution in [0.3, 0.4) is 0 Å². The van der Waals surface area contributed by atoms with Crippen molar-refractivity contribution in [1.29, 1.82) is 0 Å². The van der Waals surface area contributed by atoms with Crippen molar-refractivity contribution in [1.82, 2.24) is 9.80 Å². The Labute approximate surface area is 143 Å². The van der Waals surface area contributed by atoms with E-state index < -0.39 is 12.4 Å². The first-order valence-electron chi connectivity index (χ1n) is 5.81. The summed E-state index contributed by atoms with van der Waals surface area (Å²) in [6, 6.07) is 0.720. The molecule has 0 aromatic heterocycles. The van der Waals surface area contributed by atoms with Crippen LogP contribution in [0.25, 0.3) is 0 Å². The van der Waals surface area contributed by atoms with Crippen LogP contribution in [0, 0.1) is 0 Å². The predicted molar refractivity (Wildman–Crippen MR) is 59.3 cm³/mol. The molecule has 0 aromatic rings. The van der Waals surface area contributed by atoms with E-state index >= 15 is 0 Å². The van der Waals surface area contributed by atoms with Gasteiger partial charge in [-0.3, -0.25) is 9.80 Å². The molecule has 1 saturated heterocycles. The van der Waals surface area contributed by atoms with E-state index in [-0.39, 0.29) is 57.9 Å². The average Bonchev–Trinajstić information content (AvgIpc) is 3.01. The van der Waals surface area contributed by atoms with Crippen LogP contribution in [0.4, 0.5) is 12.9 Å². The minimum Gasteiger partial charge on any atom is -0.445 e. The molecular formula is C10H17BF3KN2. The third-order valence-corrected chi connectivity index (χ3v) is 3.36. The summed E-state index contributed by atoms with van der Waals surface area (Å²) >= 11 is 0. The largest absolute Gasteiger partial charge is 1.00 e. The summed E-state index contributed by atoms with van der Waals surface area (Å²) < 4.78 is 37.0. The summed E-state index contributed by atoms with van der Waals surface area (Å²) in [6.07, 6.45) is 2.52. The summed E-state index contributed by atoms with van der Waals surface area (Å²) in [6.45, 7) is 1.55. The van der Waals surface area contributed by atoms with Crippen LogP contribution in [0.5, 0.6) is 0 Å². The van der Waals surface area contributed by atoms with Crippen molar-refractivity contribution in [2.75, 3.05) is 32.7 Å². The van der Waals surface area contributed by atoms with E-state index in [0.29, 0.717) is 0 Å². The van der Waals surface area contributed by atoms with E-state index in [9.17, 15) is 12.9 Å². The summed E-state index contributed by atoms with van der Waals surface area (Å²) in [5, 5.41) is 0. The molecule has 17 heavy (non-hydrogen) atoms. The van der Waals surface area contributed by atoms with Crippen LogP contribution in [0.15, 0.2) is 12.1 Å². The number of rotatable bonds is 4. The quantitative estimate of drug-likeness (QED) is 0.588. The fraction of sp³-hybridized carbons (Fsp3) is 0.800. The number of hydrogen-bond donors (Lipinski definition) is 0. The van der Waals surface area contributed by atoms with Crippen molar-refractivity contribution in [2.45, 2.75) is 18.9 Å². The minimum absolute atomic E-state index is 0. The number of halogens is 3. The molecule has 1 heterocycles. The molecular weight excluding hydrogens is 255 g/mol. The van der Waals surface area contributed by atoms with Gasteiger partial charge in [-0.05, 0) is 19.4 Å². The van der Waals surface area contributed by atoms with Gasteiger partial charge < -0.3 is 12.9 Å². The van der Waals surface area contributed by atoms with E-state index in [2.05, 4.69) is 11.5 Å². The zero-order chi connectivity index (χ0) is 11.8. The maximum absolute atomic E-state index is 12.3. The topological polar surface area (TPSA) is 6.48 Å². The second-order valence-electron chi connectivity index (χ2n) is 4.78. The van der Waals surface area contributed by atoms with Crippen LogP contribution in [0.1, 0.15) is 12.8 Å². The molecule has 1 aliphatic carbocycles. The van der Waals surface area contributed by atoms with Crippen molar-refractivity contribution >= 4 is 6.98 Å². The Bertz CT molecular complexity index is 273. The molecule has 2 aliphatic rings. The minimum atomic E-state index is -4.86. The van der Waals surface area contributed by atoms with Gasteiger partial charge in [-0.2, -0.15) is 0 Å². The Balaban J connectivity index is 0.00000144. The molecule has 92 valence electrons. The van der Waals surface area contributed by atoms with Gasteiger partial charge in [0.1, 0.15) is 0 Å². The predicted octanol–water partition coefficient (Wildman–Crippen LogP) is -1.29. The Kier molecular flexibility index (Phi) is 6.24. The fourth-order valence-corrected chi connectivity index (χ4v) is 2.12. The van der Waals surface area contributed by atoms with Crippen molar-refractivity contribution in [3.8, 4) is 0 Å². The van der Waals surface area contributed by atoms with Crippen molar-refractivity contribution in [2.24, 2.45) is 0 Å². The molecule has 0 atom stereocenters. The molecule has 7 heteroatoms. The number of piperazine rings is 1. The molecule has 0 bridgehead atoms. The van der Waals surface area contributed by atoms with Gasteiger partial charge in [0, 0.05) is 32.2 Å². The SMILES string of the molecule is C=C(CN1CCN(C2CC2)CC1)[B-](F)(F)F.[K+]. The second kappa shape index (κ2) is 6.54. The Morgan fingerprint density at radius 2 is 1.65 bits per heavy atom. The van der Waals surface area contributed by atoms with Crippen molar-refractivity contribution in [3.63, 3.8) is 0 Å². The molecule has 0 spiro atoms. The Morgan fingerprint density at radius 1 is 1.12 bits per heavy atom. The first-order valence-corrected chi connectivity index (χ1v) is 5.81. The van der Waals surface area contributed by atoms with E-state index in [1.807, 2.05) is 4.90 Å². The fourth-order valence-electron chi connectivity index (χ4n) is 2.12. The van der Waals surface area contributed by atoms with Gasteiger partial charge in [0.05, 0.1) is 0 Å². The monoisotopic (exact) mass is 272 g/mol. The second-order valence-corrected chi connectivity index (χ2v) is 4.78. The van der Waals surface area contributed by atoms with Crippen LogP contribution in [-0.2, 0) is 0 Å². The van der Waals surface area contributed by atoms with Crippen LogP contribution in [0.2, 0.25) is 0 Å². The van der Waals surface area contributed by atoms with E-state index in [1.165, 1.54) is 12.8 Å². The smallest absolute Gasteiger partial charge is 0.445 e. The summed E-state index contributed by atoms with van der Waals surface area (Å²) in [7, 11) is 0. The summed E-state index contributed by atoms with van der Waals surface area (Å²) in [4.78, 5) is 4.24. The zero-order valence-electron chi connectivity index (χ0n) is 10.3. The first kappa shape index (κ1) is 16.2. The van der Waals surface area contributed by atoms with Crippen LogP contribution < -0.4 is 51.4 Å². The van der Waals surface area contributed by atoms with Gasteiger partial charge >= 0.3 is 58.4 Å². The molecule has 2 rings (SSSR count). The third kappa shape index (κ3) is 4.97. The average molecular weight is 272 g/mol. The van der Waals surface area contributed by atoms with Crippen molar-refractivity contribution < 1.29 is 64.3 Å². The molecule has 0 N–H and O–H groups in total. The summed E-state index contributed by atoms with van der Waals surface area (Å²) in [5.74, 6) is 0. The first-order chi connectivity index (χ1) is 7.47. The molecule has 0 unspecified atom stereocenters. The Hall–Kier alpha value is 1.15. The molecule has 0 radical (unpaired) electrons. The summed E-state index contributed by atoms with van der Waals surface area (Å²) in [5.41, 5.74) is -0.570. The molecule has 1 aliphatic heterocycles. The third-order valence-electron chi connectivity index (χ3n) is 3.36. The van der Waals surface area contributed by atoms with Crippen LogP contribution in [-0.4, -0.2) is 55.5 Å². The zero-order valence-corrected chi connectivity index (χ0v) is 13.5. The standard InChI is InChI=1S/C10H17BF3N2.K/c1-9(11(12,13)14)8-15-4-6-16(7-5-15)10-2-3-10;/h10H,1-8H2;/q-1;+1. The maximum Gasteiger partial charge on any atom is 1.00 e. The van der Waals surface area contributed by atoms with Crippen LogP contribution >= 0.6 is 0 Å². The van der Waals surface area contributed by atoms with Gasteiger partial charge in [-0.1, -0.05) is 0 Å². The van der Waals surface area contributed by atoms with Gasteiger partial charge in [0.2, 0.25) is 0 Å². The normalized spacial score (nSPS) is 23.2. The molecule has 0 amide bonds. The van der Waals surface area contributed by atoms with Crippen molar-refractivity contribution in [3.05, 3.63) is 12.1 Å².